The van der Waals surface area contributed by atoms with Gasteiger partial charge in [-0.15, -0.1) is 0 Å². The number of carbonyl (C=O) groups is 2. The molecule has 1 aromatic rings. The maximum atomic E-state index is 12.5. The van der Waals surface area contributed by atoms with Gasteiger partial charge in [0.2, 0.25) is 0 Å². The molecule has 0 unspecified atom stereocenters. The molecule has 1 atom stereocenters. The molecule has 0 radical (unpaired) electrons. The molecule has 142 valence electrons. The largest absolute Gasteiger partial charge is 0.476 e. The van der Waals surface area contributed by atoms with E-state index in [-0.39, 0.29) is 11.8 Å². The molecule has 0 bridgehead atoms. The summed E-state index contributed by atoms with van der Waals surface area (Å²) in [7, 11) is 0. The van der Waals surface area contributed by atoms with Gasteiger partial charge in [0.05, 0.1) is 12.4 Å². The molecule has 1 amide bonds. The second kappa shape index (κ2) is 7.09. The molecule has 1 saturated carbocycles. The lowest BCUT2D eigenvalue weighted by Crippen LogP contribution is -2.41. The van der Waals surface area contributed by atoms with Gasteiger partial charge < -0.3 is 19.6 Å². The van der Waals surface area contributed by atoms with E-state index in [1.54, 1.807) is 0 Å². The van der Waals surface area contributed by atoms with E-state index < -0.39 is 11.6 Å². The number of aromatic carboxylic acids is 1. The molecule has 8 heteroatoms. The Balaban J connectivity index is 1.59. The van der Waals surface area contributed by atoms with Crippen LogP contribution in [0.3, 0.4) is 0 Å². The van der Waals surface area contributed by atoms with Crippen LogP contribution in [-0.2, 0) is 4.74 Å². The third-order valence-electron chi connectivity index (χ3n) is 4.54. The summed E-state index contributed by atoms with van der Waals surface area (Å²) in [5.74, 6) is -0.0717. The Morgan fingerprint density at radius 2 is 2.00 bits per heavy atom. The first-order chi connectivity index (χ1) is 12.2. The Morgan fingerprint density at radius 1 is 1.27 bits per heavy atom. The molecule has 1 saturated heterocycles. The predicted octanol–water partition coefficient (Wildman–Crippen LogP) is 2.40. The van der Waals surface area contributed by atoms with Crippen molar-refractivity contribution in [1.82, 2.24) is 14.9 Å². The Bertz CT molecular complexity index is 667. The Hall–Kier alpha value is -2.38. The van der Waals surface area contributed by atoms with Crippen LogP contribution < -0.4 is 4.90 Å². The molecule has 0 spiro atoms. The Morgan fingerprint density at radius 3 is 2.54 bits per heavy atom. The van der Waals surface area contributed by atoms with Crippen molar-refractivity contribution in [2.75, 3.05) is 24.5 Å². The first-order valence-electron chi connectivity index (χ1n) is 9.03. The molecule has 2 heterocycles. The van der Waals surface area contributed by atoms with Crippen LogP contribution in [0.25, 0.3) is 0 Å². The van der Waals surface area contributed by atoms with Gasteiger partial charge in [-0.05, 0) is 46.0 Å². The van der Waals surface area contributed by atoms with E-state index in [1.807, 2.05) is 25.7 Å². The van der Waals surface area contributed by atoms with E-state index in [2.05, 4.69) is 14.9 Å². The van der Waals surface area contributed by atoms with Crippen LogP contribution in [0.5, 0.6) is 0 Å². The topological polar surface area (TPSA) is 95.9 Å². The van der Waals surface area contributed by atoms with Gasteiger partial charge in [0.1, 0.15) is 11.4 Å². The number of carboxylic acid groups (broad SMARTS) is 1. The molecule has 1 aliphatic carbocycles. The zero-order valence-electron chi connectivity index (χ0n) is 15.5. The lowest BCUT2D eigenvalue weighted by molar-refractivity contribution is 0.0208. The van der Waals surface area contributed by atoms with E-state index in [0.29, 0.717) is 24.3 Å². The fraction of sp³-hybridized carbons (Fsp3) is 0.667. The minimum atomic E-state index is -1.08. The molecular weight excluding hydrogens is 336 g/mol. The number of amides is 1. The quantitative estimate of drug-likeness (QED) is 0.859. The van der Waals surface area contributed by atoms with E-state index >= 15 is 0 Å². The maximum absolute atomic E-state index is 12.5. The van der Waals surface area contributed by atoms with Crippen LogP contribution in [-0.4, -0.2) is 63.3 Å². The first-order valence-corrected chi connectivity index (χ1v) is 9.03. The Kier molecular flexibility index (Phi) is 5.02. The predicted molar refractivity (Wildman–Crippen MR) is 95.3 cm³/mol. The Labute approximate surface area is 153 Å². The van der Waals surface area contributed by atoms with Crippen molar-refractivity contribution in [2.45, 2.75) is 51.7 Å². The third-order valence-corrected chi connectivity index (χ3v) is 4.54. The second-order valence-corrected chi connectivity index (χ2v) is 8.03. The molecular formula is C18H26N4O4. The number of ether oxygens (including phenoxy) is 1. The standard InChI is InChI=1S/C18H26N4O4/c1-18(2,3)26-17(25)22(13-4-5-13)11-12-6-7-21(10-12)15-9-19-14(8-20-15)16(23)24/h8-9,12-13H,4-7,10-11H2,1-3H3,(H,23,24)/t12-/m0/s1. The minimum absolute atomic E-state index is 0.0608. The smallest absolute Gasteiger partial charge is 0.410 e. The molecule has 3 rings (SSSR count). The lowest BCUT2D eigenvalue weighted by Gasteiger charge is -2.29. The summed E-state index contributed by atoms with van der Waals surface area (Å²) in [6, 6.07) is 0.300. The van der Waals surface area contributed by atoms with Crippen molar-refractivity contribution < 1.29 is 19.4 Å². The molecule has 1 aliphatic heterocycles. The third kappa shape index (κ3) is 4.62. The van der Waals surface area contributed by atoms with Gasteiger partial charge in [0.25, 0.3) is 0 Å². The fourth-order valence-corrected chi connectivity index (χ4v) is 3.14. The van der Waals surface area contributed by atoms with Gasteiger partial charge in [-0.1, -0.05) is 0 Å². The molecule has 2 fully saturated rings. The van der Waals surface area contributed by atoms with Crippen LogP contribution >= 0.6 is 0 Å². The number of carboxylic acids is 1. The summed E-state index contributed by atoms with van der Waals surface area (Å²) in [4.78, 5) is 35.5. The SMILES string of the molecule is CC(C)(C)OC(=O)N(C[C@H]1CCN(c2cnc(C(=O)O)cn2)C1)C1CC1. The zero-order chi connectivity index (χ0) is 18.9. The summed E-state index contributed by atoms with van der Waals surface area (Å²) in [6.45, 7) is 7.91. The molecule has 2 aliphatic rings. The van der Waals surface area contributed by atoms with Gasteiger partial charge in [-0.2, -0.15) is 0 Å². The summed E-state index contributed by atoms with van der Waals surface area (Å²) < 4.78 is 5.55. The van der Waals surface area contributed by atoms with Gasteiger partial charge in [-0.25, -0.2) is 19.6 Å². The van der Waals surface area contributed by atoms with Crippen LogP contribution in [0.15, 0.2) is 12.4 Å². The van der Waals surface area contributed by atoms with Crippen molar-refractivity contribution in [1.29, 1.82) is 0 Å². The summed E-state index contributed by atoms with van der Waals surface area (Å²) in [6.07, 6.45) is 5.58. The normalized spacial score (nSPS) is 20.1. The van der Waals surface area contributed by atoms with E-state index in [9.17, 15) is 9.59 Å². The van der Waals surface area contributed by atoms with E-state index in [0.717, 1.165) is 32.4 Å². The molecule has 8 nitrogen and oxygen atoms in total. The van der Waals surface area contributed by atoms with Crippen molar-refractivity contribution in [3.63, 3.8) is 0 Å². The van der Waals surface area contributed by atoms with Crippen molar-refractivity contribution in [3.8, 4) is 0 Å². The first kappa shape index (κ1) is 18.4. The number of aromatic nitrogens is 2. The number of rotatable bonds is 5. The summed E-state index contributed by atoms with van der Waals surface area (Å²) >= 11 is 0. The number of hydrogen-bond donors (Lipinski definition) is 1. The highest BCUT2D eigenvalue weighted by atomic mass is 16.6. The highest BCUT2D eigenvalue weighted by Crippen LogP contribution is 2.31. The molecule has 26 heavy (non-hydrogen) atoms. The molecule has 1 N–H and O–H groups in total. The van der Waals surface area contributed by atoms with E-state index in [4.69, 9.17) is 9.84 Å². The fourth-order valence-electron chi connectivity index (χ4n) is 3.14. The second-order valence-electron chi connectivity index (χ2n) is 8.03. The monoisotopic (exact) mass is 362 g/mol. The number of carbonyl (C=O) groups excluding carboxylic acids is 1. The average Bonchev–Trinajstić information content (AvgIpc) is 3.29. The van der Waals surface area contributed by atoms with Gasteiger partial charge >= 0.3 is 12.1 Å². The number of hydrogen-bond acceptors (Lipinski definition) is 6. The van der Waals surface area contributed by atoms with Gasteiger partial charge in [0, 0.05) is 25.7 Å². The highest BCUT2D eigenvalue weighted by Gasteiger charge is 2.38. The summed E-state index contributed by atoms with van der Waals surface area (Å²) in [5.41, 5.74) is -0.553. The average molecular weight is 362 g/mol. The maximum Gasteiger partial charge on any atom is 0.410 e. The number of nitrogens with zero attached hydrogens (tertiary/aromatic N) is 4. The van der Waals surface area contributed by atoms with Crippen LogP contribution in [0.1, 0.15) is 50.5 Å². The number of anilines is 1. The highest BCUT2D eigenvalue weighted by molar-refractivity contribution is 5.84. The van der Waals surface area contributed by atoms with Crippen LogP contribution in [0.2, 0.25) is 0 Å². The van der Waals surface area contributed by atoms with Crippen LogP contribution in [0, 0.1) is 5.92 Å². The molecule has 0 aromatic carbocycles. The van der Waals surface area contributed by atoms with E-state index in [1.165, 1.54) is 12.4 Å². The summed E-state index contributed by atoms with van der Waals surface area (Å²) in [5, 5.41) is 8.91. The minimum Gasteiger partial charge on any atom is -0.476 e. The van der Waals surface area contributed by atoms with Crippen molar-refractivity contribution in [3.05, 3.63) is 18.1 Å². The zero-order valence-corrected chi connectivity index (χ0v) is 15.5. The molecule has 1 aromatic heterocycles. The van der Waals surface area contributed by atoms with Crippen molar-refractivity contribution in [2.24, 2.45) is 5.92 Å². The van der Waals surface area contributed by atoms with Crippen LogP contribution in [0.4, 0.5) is 10.6 Å². The van der Waals surface area contributed by atoms with Crippen molar-refractivity contribution >= 4 is 17.9 Å². The van der Waals surface area contributed by atoms with Gasteiger partial charge in [0.15, 0.2) is 5.69 Å². The van der Waals surface area contributed by atoms with Gasteiger partial charge in [-0.3, -0.25) is 0 Å². The lowest BCUT2D eigenvalue weighted by atomic mass is 10.1.